The average molecular weight is 290 g/mol. The quantitative estimate of drug-likeness (QED) is 0.888. The first-order valence-electron chi connectivity index (χ1n) is 7.04. The van der Waals surface area contributed by atoms with Crippen molar-refractivity contribution in [1.29, 1.82) is 0 Å². The summed E-state index contributed by atoms with van der Waals surface area (Å²) in [5.41, 5.74) is 1.66. The van der Waals surface area contributed by atoms with E-state index in [9.17, 15) is 5.11 Å². The van der Waals surface area contributed by atoms with E-state index >= 15 is 0 Å². The van der Waals surface area contributed by atoms with Crippen molar-refractivity contribution >= 4 is 0 Å². The molecule has 0 aliphatic carbocycles. The van der Waals surface area contributed by atoms with Crippen LogP contribution >= 0.6 is 0 Å². The van der Waals surface area contributed by atoms with Crippen molar-refractivity contribution in [3.05, 3.63) is 41.7 Å². The fraction of sp³-hybridized carbons (Fsp3) is 0.438. The van der Waals surface area contributed by atoms with Crippen LogP contribution in [0.3, 0.4) is 0 Å². The predicted molar refractivity (Wildman–Crippen MR) is 80.6 cm³/mol. The fourth-order valence-corrected chi connectivity index (χ4v) is 1.96. The van der Waals surface area contributed by atoms with Crippen molar-refractivity contribution in [2.75, 3.05) is 7.11 Å². The number of hydrogen-bond acceptors (Lipinski definition) is 4. The van der Waals surface area contributed by atoms with Gasteiger partial charge in [0.2, 0.25) is 0 Å². The lowest BCUT2D eigenvalue weighted by Crippen LogP contribution is -2.04. The molecule has 5 heteroatoms. The van der Waals surface area contributed by atoms with Crippen LogP contribution in [-0.4, -0.2) is 22.0 Å². The maximum absolute atomic E-state index is 9.59. The van der Waals surface area contributed by atoms with Gasteiger partial charge in [-0.2, -0.15) is 5.10 Å². The predicted octanol–water partition coefficient (Wildman–Crippen LogP) is 3.10. The van der Waals surface area contributed by atoms with Crippen LogP contribution < -0.4 is 9.47 Å². The SMILES string of the molecule is COc1cc(C(C)O)ccc1OCc1ccn(C(C)C)n1. The van der Waals surface area contributed by atoms with Gasteiger partial charge in [-0.3, -0.25) is 4.68 Å². The number of nitrogens with zero attached hydrogens (tertiary/aromatic N) is 2. The summed E-state index contributed by atoms with van der Waals surface area (Å²) in [4.78, 5) is 0. The molecule has 1 atom stereocenters. The van der Waals surface area contributed by atoms with Gasteiger partial charge in [0.15, 0.2) is 11.5 Å². The minimum atomic E-state index is -0.533. The van der Waals surface area contributed by atoms with E-state index in [0.29, 0.717) is 24.1 Å². The zero-order chi connectivity index (χ0) is 15.4. The minimum absolute atomic E-state index is 0.332. The Morgan fingerprint density at radius 2 is 1.95 bits per heavy atom. The standard InChI is InChI=1S/C16H22N2O3/c1-11(2)18-8-7-14(17-18)10-21-15-6-5-13(12(3)19)9-16(15)20-4/h5-9,11-12,19H,10H2,1-4H3. The molecule has 0 spiro atoms. The Kier molecular flexibility index (Phi) is 4.85. The van der Waals surface area contributed by atoms with Crippen LogP contribution in [0.5, 0.6) is 11.5 Å². The molecule has 0 radical (unpaired) electrons. The third-order valence-electron chi connectivity index (χ3n) is 3.24. The van der Waals surface area contributed by atoms with Crippen molar-refractivity contribution < 1.29 is 14.6 Å². The van der Waals surface area contributed by atoms with Gasteiger partial charge in [0.05, 0.1) is 18.9 Å². The number of ether oxygens (including phenoxy) is 2. The molecular formula is C16H22N2O3. The number of aliphatic hydroxyl groups excluding tert-OH is 1. The summed E-state index contributed by atoms with van der Waals surface area (Å²) in [5, 5.41) is 14.0. The van der Waals surface area contributed by atoms with Crippen LogP contribution in [0.2, 0.25) is 0 Å². The molecule has 0 aliphatic rings. The molecule has 0 bridgehead atoms. The molecule has 1 N–H and O–H groups in total. The molecule has 0 saturated heterocycles. The summed E-state index contributed by atoms with van der Waals surface area (Å²) in [6.07, 6.45) is 1.41. The van der Waals surface area contributed by atoms with Gasteiger partial charge in [0.1, 0.15) is 6.61 Å². The number of rotatable bonds is 6. The third-order valence-corrected chi connectivity index (χ3v) is 3.24. The van der Waals surface area contributed by atoms with Crippen LogP contribution in [0, 0.1) is 0 Å². The molecule has 0 saturated carbocycles. The lowest BCUT2D eigenvalue weighted by Gasteiger charge is -2.12. The number of aromatic nitrogens is 2. The zero-order valence-electron chi connectivity index (χ0n) is 12.9. The summed E-state index contributed by atoms with van der Waals surface area (Å²) < 4.78 is 13.0. The van der Waals surface area contributed by atoms with Crippen molar-refractivity contribution in [2.24, 2.45) is 0 Å². The Labute approximate surface area is 125 Å². The number of methoxy groups -OCH3 is 1. The average Bonchev–Trinajstić information content (AvgIpc) is 2.93. The van der Waals surface area contributed by atoms with E-state index in [1.54, 1.807) is 26.2 Å². The Bertz CT molecular complexity index is 591. The van der Waals surface area contributed by atoms with Crippen LogP contribution in [0.1, 0.15) is 44.2 Å². The summed E-state index contributed by atoms with van der Waals surface area (Å²) in [7, 11) is 1.58. The van der Waals surface area contributed by atoms with E-state index in [1.807, 2.05) is 23.0 Å². The molecule has 1 heterocycles. The fourth-order valence-electron chi connectivity index (χ4n) is 1.96. The largest absolute Gasteiger partial charge is 0.493 e. The Morgan fingerprint density at radius 1 is 1.19 bits per heavy atom. The van der Waals surface area contributed by atoms with Gasteiger partial charge >= 0.3 is 0 Å². The normalized spacial score (nSPS) is 12.5. The highest BCUT2D eigenvalue weighted by Crippen LogP contribution is 2.30. The monoisotopic (exact) mass is 290 g/mol. The summed E-state index contributed by atoms with van der Waals surface area (Å²) in [6.45, 7) is 6.25. The molecule has 1 unspecified atom stereocenters. The molecule has 21 heavy (non-hydrogen) atoms. The van der Waals surface area contributed by atoms with Crippen LogP contribution in [0.4, 0.5) is 0 Å². The number of benzene rings is 1. The Hall–Kier alpha value is -2.01. The minimum Gasteiger partial charge on any atom is -0.493 e. The number of hydrogen-bond donors (Lipinski definition) is 1. The van der Waals surface area contributed by atoms with Gasteiger partial charge in [0, 0.05) is 12.2 Å². The first kappa shape index (κ1) is 15.4. The second-order valence-electron chi connectivity index (χ2n) is 5.26. The topological polar surface area (TPSA) is 56.5 Å². The summed E-state index contributed by atoms with van der Waals surface area (Å²) in [5.74, 6) is 1.25. The molecule has 2 rings (SSSR count). The lowest BCUT2D eigenvalue weighted by atomic mass is 10.1. The maximum atomic E-state index is 9.59. The molecule has 0 aliphatic heterocycles. The maximum Gasteiger partial charge on any atom is 0.161 e. The number of aliphatic hydroxyl groups is 1. The van der Waals surface area contributed by atoms with Crippen molar-refractivity contribution in [1.82, 2.24) is 9.78 Å². The van der Waals surface area contributed by atoms with E-state index in [2.05, 4.69) is 18.9 Å². The Balaban J connectivity index is 2.08. The second kappa shape index (κ2) is 6.63. The van der Waals surface area contributed by atoms with Crippen LogP contribution in [-0.2, 0) is 6.61 Å². The first-order valence-corrected chi connectivity index (χ1v) is 7.04. The van der Waals surface area contributed by atoms with E-state index in [4.69, 9.17) is 9.47 Å². The third kappa shape index (κ3) is 3.76. The van der Waals surface area contributed by atoms with E-state index in [-0.39, 0.29) is 0 Å². The molecule has 2 aromatic rings. The van der Waals surface area contributed by atoms with Gasteiger partial charge in [-0.1, -0.05) is 6.07 Å². The van der Waals surface area contributed by atoms with Gasteiger partial charge in [-0.05, 0) is 44.5 Å². The van der Waals surface area contributed by atoms with Gasteiger partial charge in [-0.25, -0.2) is 0 Å². The zero-order valence-corrected chi connectivity index (χ0v) is 12.9. The summed E-state index contributed by atoms with van der Waals surface area (Å²) in [6, 6.07) is 7.69. The molecule has 0 fully saturated rings. The van der Waals surface area contributed by atoms with Gasteiger partial charge < -0.3 is 14.6 Å². The first-order chi connectivity index (χ1) is 10.0. The molecule has 5 nitrogen and oxygen atoms in total. The van der Waals surface area contributed by atoms with Crippen LogP contribution in [0.15, 0.2) is 30.5 Å². The summed E-state index contributed by atoms with van der Waals surface area (Å²) >= 11 is 0. The van der Waals surface area contributed by atoms with Crippen LogP contribution in [0.25, 0.3) is 0 Å². The van der Waals surface area contributed by atoms with Crippen molar-refractivity contribution in [3.8, 4) is 11.5 Å². The molecule has 1 aromatic heterocycles. The van der Waals surface area contributed by atoms with Gasteiger partial charge in [-0.15, -0.1) is 0 Å². The van der Waals surface area contributed by atoms with Crippen molar-refractivity contribution in [2.45, 2.75) is 39.5 Å². The lowest BCUT2D eigenvalue weighted by molar-refractivity contribution is 0.198. The molecule has 114 valence electrons. The van der Waals surface area contributed by atoms with Gasteiger partial charge in [0.25, 0.3) is 0 Å². The highest BCUT2D eigenvalue weighted by Gasteiger charge is 2.10. The van der Waals surface area contributed by atoms with Crippen molar-refractivity contribution in [3.63, 3.8) is 0 Å². The van der Waals surface area contributed by atoms with E-state index in [0.717, 1.165) is 11.3 Å². The van der Waals surface area contributed by atoms with E-state index in [1.165, 1.54) is 0 Å². The molecule has 0 amide bonds. The molecular weight excluding hydrogens is 268 g/mol. The smallest absolute Gasteiger partial charge is 0.161 e. The Morgan fingerprint density at radius 3 is 2.52 bits per heavy atom. The molecule has 1 aromatic carbocycles. The highest BCUT2D eigenvalue weighted by molar-refractivity contribution is 5.43. The second-order valence-corrected chi connectivity index (χ2v) is 5.26. The van der Waals surface area contributed by atoms with E-state index < -0.39 is 6.10 Å². The highest BCUT2D eigenvalue weighted by atomic mass is 16.5.